The van der Waals surface area contributed by atoms with Crippen LogP contribution >= 0.6 is 27.7 Å². The molecule has 0 aliphatic carbocycles. The van der Waals surface area contributed by atoms with E-state index in [0.29, 0.717) is 0 Å². The second-order valence-electron chi connectivity index (χ2n) is 4.47. The highest BCUT2D eigenvalue weighted by Crippen LogP contribution is 2.32. The third kappa shape index (κ3) is 3.78. The SMILES string of the molecule is CNC(C)c1ccc(Br)cc1Oc1ccc(SC)cc1. The second kappa shape index (κ2) is 7.16. The number of hydrogen-bond donors (Lipinski definition) is 1. The fourth-order valence-corrected chi connectivity index (χ4v) is 2.63. The molecule has 2 aromatic rings. The minimum Gasteiger partial charge on any atom is -0.457 e. The molecule has 0 spiro atoms. The van der Waals surface area contributed by atoms with Crippen molar-refractivity contribution in [1.82, 2.24) is 5.32 Å². The molecule has 1 atom stereocenters. The summed E-state index contributed by atoms with van der Waals surface area (Å²) in [6.07, 6.45) is 2.07. The lowest BCUT2D eigenvalue weighted by molar-refractivity contribution is 0.465. The predicted octanol–water partition coefficient (Wildman–Crippen LogP) is 5.24. The van der Waals surface area contributed by atoms with Gasteiger partial charge in [-0.3, -0.25) is 0 Å². The second-order valence-corrected chi connectivity index (χ2v) is 6.27. The average Bonchev–Trinajstić information content (AvgIpc) is 2.47. The summed E-state index contributed by atoms with van der Waals surface area (Å²) in [5, 5.41) is 3.25. The van der Waals surface area contributed by atoms with Crippen LogP contribution in [0.5, 0.6) is 11.5 Å². The molecule has 0 amide bonds. The molecule has 0 radical (unpaired) electrons. The molecule has 20 heavy (non-hydrogen) atoms. The molecule has 0 aliphatic rings. The zero-order valence-corrected chi connectivity index (χ0v) is 14.2. The molecule has 0 aromatic heterocycles. The Morgan fingerprint density at radius 1 is 1.15 bits per heavy atom. The molecular formula is C16H18BrNOS. The fraction of sp³-hybridized carbons (Fsp3) is 0.250. The highest BCUT2D eigenvalue weighted by atomic mass is 79.9. The zero-order chi connectivity index (χ0) is 14.5. The Hall–Kier alpha value is -0.970. The van der Waals surface area contributed by atoms with Crippen LogP contribution in [-0.4, -0.2) is 13.3 Å². The Morgan fingerprint density at radius 3 is 2.45 bits per heavy atom. The van der Waals surface area contributed by atoms with Gasteiger partial charge in [0, 0.05) is 21.0 Å². The van der Waals surface area contributed by atoms with E-state index in [9.17, 15) is 0 Å². The van der Waals surface area contributed by atoms with Gasteiger partial charge in [0.15, 0.2) is 0 Å². The lowest BCUT2D eigenvalue weighted by atomic mass is 10.1. The Balaban J connectivity index is 2.28. The third-order valence-electron chi connectivity index (χ3n) is 3.16. The molecule has 1 unspecified atom stereocenters. The summed E-state index contributed by atoms with van der Waals surface area (Å²) in [4.78, 5) is 1.23. The Labute approximate surface area is 133 Å². The van der Waals surface area contributed by atoms with E-state index in [1.807, 2.05) is 31.3 Å². The number of rotatable bonds is 5. The molecule has 2 aromatic carbocycles. The molecular weight excluding hydrogens is 334 g/mol. The van der Waals surface area contributed by atoms with E-state index in [2.05, 4.69) is 52.6 Å². The summed E-state index contributed by atoms with van der Waals surface area (Å²) in [7, 11) is 1.95. The van der Waals surface area contributed by atoms with E-state index in [4.69, 9.17) is 4.74 Å². The summed E-state index contributed by atoms with van der Waals surface area (Å²) in [5.41, 5.74) is 1.14. The molecule has 106 valence electrons. The van der Waals surface area contributed by atoms with E-state index in [1.54, 1.807) is 11.8 Å². The van der Waals surface area contributed by atoms with Crippen LogP contribution in [0.25, 0.3) is 0 Å². The van der Waals surface area contributed by atoms with Crippen LogP contribution in [0, 0.1) is 0 Å². The summed E-state index contributed by atoms with van der Waals surface area (Å²) in [6, 6.07) is 14.5. The molecule has 2 rings (SSSR count). The van der Waals surface area contributed by atoms with Crippen molar-refractivity contribution in [2.24, 2.45) is 0 Å². The van der Waals surface area contributed by atoms with Gasteiger partial charge in [-0.25, -0.2) is 0 Å². The monoisotopic (exact) mass is 351 g/mol. The number of ether oxygens (including phenoxy) is 1. The highest BCUT2D eigenvalue weighted by Gasteiger charge is 2.11. The topological polar surface area (TPSA) is 21.3 Å². The van der Waals surface area contributed by atoms with Crippen molar-refractivity contribution in [3.63, 3.8) is 0 Å². The first kappa shape index (κ1) is 15.4. The third-order valence-corrected chi connectivity index (χ3v) is 4.40. The molecule has 0 saturated carbocycles. The van der Waals surface area contributed by atoms with Crippen molar-refractivity contribution in [1.29, 1.82) is 0 Å². The molecule has 0 aliphatic heterocycles. The molecule has 0 bridgehead atoms. The van der Waals surface area contributed by atoms with Gasteiger partial charge in [0.05, 0.1) is 0 Å². The molecule has 2 nitrogen and oxygen atoms in total. The minimum atomic E-state index is 0.239. The number of thioether (sulfide) groups is 1. The van der Waals surface area contributed by atoms with Crippen LogP contribution in [-0.2, 0) is 0 Å². The van der Waals surface area contributed by atoms with Crippen molar-refractivity contribution in [3.8, 4) is 11.5 Å². The number of benzene rings is 2. The number of hydrogen-bond acceptors (Lipinski definition) is 3. The molecule has 0 heterocycles. The quantitative estimate of drug-likeness (QED) is 0.743. The van der Waals surface area contributed by atoms with Gasteiger partial charge in [-0.05, 0) is 56.6 Å². The van der Waals surface area contributed by atoms with Crippen LogP contribution in [0.1, 0.15) is 18.5 Å². The van der Waals surface area contributed by atoms with Crippen molar-refractivity contribution in [2.45, 2.75) is 17.9 Å². The van der Waals surface area contributed by atoms with Crippen LogP contribution in [0.3, 0.4) is 0 Å². The van der Waals surface area contributed by atoms with Gasteiger partial charge in [-0.2, -0.15) is 0 Å². The van der Waals surface area contributed by atoms with Gasteiger partial charge in [0.1, 0.15) is 11.5 Å². The largest absolute Gasteiger partial charge is 0.457 e. The lowest BCUT2D eigenvalue weighted by Gasteiger charge is -2.17. The van der Waals surface area contributed by atoms with Gasteiger partial charge >= 0.3 is 0 Å². The first-order valence-corrected chi connectivity index (χ1v) is 8.44. The molecule has 4 heteroatoms. The zero-order valence-electron chi connectivity index (χ0n) is 11.8. The Morgan fingerprint density at radius 2 is 1.85 bits per heavy atom. The normalized spacial score (nSPS) is 12.2. The maximum absolute atomic E-state index is 6.03. The van der Waals surface area contributed by atoms with E-state index < -0.39 is 0 Å². The van der Waals surface area contributed by atoms with Gasteiger partial charge in [-0.15, -0.1) is 11.8 Å². The average molecular weight is 352 g/mol. The molecule has 0 saturated heterocycles. The summed E-state index contributed by atoms with van der Waals surface area (Å²) in [5.74, 6) is 1.73. The summed E-state index contributed by atoms with van der Waals surface area (Å²) in [6.45, 7) is 2.12. The summed E-state index contributed by atoms with van der Waals surface area (Å²) < 4.78 is 7.05. The van der Waals surface area contributed by atoms with E-state index in [1.165, 1.54) is 4.90 Å². The first-order chi connectivity index (χ1) is 9.63. The van der Waals surface area contributed by atoms with Crippen LogP contribution in [0.2, 0.25) is 0 Å². The smallest absolute Gasteiger partial charge is 0.133 e. The number of halogens is 1. The van der Waals surface area contributed by atoms with E-state index in [-0.39, 0.29) is 6.04 Å². The van der Waals surface area contributed by atoms with Gasteiger partial charge in [0.2, 0.25) is 0 Å². The Kier molecular flexibility index (Phi) is 5.52. The standard InChI is InChI=1S/C16H18BrNOS/c1-11(18-2)15-9-4-12(17)10-16(15)19-13-5-7-14(20-3)8-6-13/h4-11,18H,1-3H3. The maximum atomic E-state index is 6.03. The first-order valence-electron chi connectivity index (χ1n) is 6.42. The van der Waals surface area contributed by atoms with Gasteiger partial charge in [-0.1, -0.05) is 22.0 Å². The number of nitrogens with one attached hydrogen (secondary N) is 1. The maximum Gasteiger partial charge on any atom is 0.133 e. The van der Waals surface area contributed by atoms with E-state index in [0.717, 1.165) is 21.5 Å². The fourth-order valence-electron chi connectivity index (χ4n) is 1.88. The predicted molar refractivity (Wildman–Crippen MR) is 89.9 cm³/mol. The highest BCUT2D eigenvalue weighted by molar-refractivity contribution is 9.10. The minimum absolute atomic E-state index is 0.239. The van der Waals surface area contributed by atoms with Crippen LogP contribution in [0.4, 0.5) is 0 Å². The van der Waals surface area contributed by atoms with Gasteiger partial charge in [0.25, 0.3) is 0 Å². The van der Waals surface area contributed by atoms with Gasteiger partial charge < -0.3 is 10.1 Å². The van der Waals surface area contributed by atoms with Crippen LogP contribution in [0.15, 0.2) is 51.8 Å². The molecule has 0 fully saturated rings. The van der Waals surface area contributed by atoms with Crippen molar-refractivity contribution in [2.75, 3.05) is 13.3 Å². The summed E-state index contributed by atoms with van der Waals surface area (Å²) >= 11 is 5.22. The van der Waals surface area contributed by atoms with Crippen molar-refractivity contribution >= 4 is 27.7 Å². The Bertz CT molecular complexity index is 571. The lowest BCUT2D eigenvalue weighted by Crippen LogP contribution is -2.13. The van der Waals surface area contributed by atoms with Crippen molar-refractivity contribution < 1.29 is 4.74 Å². The van der Waals surface area contributed by atoms with E-state index >= 15 is 0 Å². The molecule has 1 N–H and O–H groups in total. The van der Waals surface area contributed by atoms with Crippen LogP contribution < -0.4 is 10.1 Å². The van der Waals surface area contributed by atoms with Crippen molar-refractivity contribution in [3.05, 3.63) is 52.5 Å².